The van der Waals surface area contributed by atoms with Gasteiger partial charge in [-0.05, 0) is 18.2 Å². The number of nitro groups is 1. The smallest absolute Gasteiger partial charge is 0.310 e. The lowest BCUT2D eigenvalue weighted by Crippen LogP contribution is -1.99. The number of methoxy groups -OCH3 is 1. The van der Waals surface area contributed by atoms with Crippen molar-refractivity contribution in [2.24, 2.45) is 0 Å². The van der Waals surface area contributed by atoms with Gasteiger partial charge in [-0.3, -0.25) is 15.1 Å². The molecule has 2 aromatic rings. The van der Waals surface area contributed by atoms with E-state index in [4.69, 9.17) is 4.74 Å². The number of anilines is 2. The van der Waals surface area contributed by atoms with Gasteiger partial charge in [0, 0.05) is 12.3 Å². The Hall–Kier alpha value is -2.70. The Labute approximate surface area is 108 Å². The zero-order valence-electron chi connectivity index (χ0n) is 9.96. The number of benzene rings is 1. The first-order valence-corrected chi connectivity index (χ1v) is 5.31. The zero-order valence-corrected chi connectivity index (χ0v) is 9.96. The first kappa shape index (κ1) is 12.7. The summed E-state index contributed by atoms with van der Waals surface area (Å²) in [6, 6.07) is 5.59. The quantitative estimate of drug-likeness (QED) is 0.677. The van der Waals surface area contributed by atoms with E-state index in [1.807, 2.05) is 0 Å². The Morgan fingerprint density at radius 1 is 1.37 bits per heavy atom. The van der Waals surface area contributed by atoms with E-state index in [1.54, 1.807) is 6.07 Å². The number of rotatable bonds is 4. The average Bonchev–Trinajstić information content (AvgIpc) is 2.41. The summed E-state index contributed by atoms with van der Waals surface area (Å²) in [6.07, 6.45) is 2.49. The van der Waals surface area contributed by atoms with Gasteiger partial charge in [0.25, 0.3) is 0 Å². The van der Waals surface area contributed by atoms with Crippen molar-refractivity contribution in [3.8, 4) is 5.75 Å². The Morgan fingerprint density at radius 2 is 2.16 bits per heavy atom. The molecule has 7 heteroatoms. The van der Waals surface area contributed by atoms with Gasteiger partial charge in [-0.2, -0.15) is 0 Å². The Balaban J connectivity index is 2.34. The van der Waals surface area contributed by atoms with Crippen molar-refractivity contribution in [3.05, 3.63) is 52.6 Å². The molecule has 1 aromatic carbocycles. The van der Waals surface area contributed by atoms with Gasteiger partial charge in [0.1, 0.15) is 23.5 Å². The Morgan fingerprint density at radius 3 is 2.79 bits per heavy atom. The third-order valence-electron chi connectivity index (χ3n) is 2.44. The predicted molar refractivity (Wildman–Crippen MR) is 67.1 cm³/mol. The highest BCUT2D eigenvalue weighted by Crippen LogP contribution is 2.28. The number of nitrogens with zero attached hydrogens (tertiary/aromatic N) is 2. The summed E-state index contributed by atoms with van der Waals surface area (Å²) in [4.78, 5) is 13.9. The van der Waals surface area contributed by atoms with E-state index in [0.29, 0.717) is 5.75 Å². The summed E-state index contributed by atoms with van der Waals surface area (Å²) >= 11 is 0. The molecule has 2 rings (SSSR count). The van der Waals surface area contributed by atoms with Gasteiger partial charge in [-0.25, -0.2) is 4.39 Å². The van der Waals surface area contributed by atoms with E-state index < -0.39 is 10.7 Å². The minimum Gasteiger partial charge on any atom is -0.497 e. The van der Waals surface area contributed by atoms with Crippen molar-refractivity contribution < 1.29 is 14.1 Å². The number of hydrogen-bond acceptors (Lipinski definition) is 5. The first-order chi connectivity index (χ1) is 9.11. The van der Waals surface area contributed by atoms with Crippen LogP contribution in [0.5, 0.6) is 5.75 Å². The van der Waals surface area contributed by atoms with E-state index in [1.165, 1.54) is 31.5 Å². The highest BCUT2D eigenvalue weighted by atomic mass is 19.1. The van der Waals surface area contributed by atoms with Crippen molar-refractivity contribution in [2.75, 3.05) is 12.4 Å². The average molecular weight is 263 g/mol. The molecule has 0 spiro atoms. The summed E-state index contributed by atoms with van der Waals surface area (Å²) in [5.74, 6) is -0.197. The molecule has 0 bridgehead atoms. The van der Waals surface area contributed by atoms with Crippen molar-refractivity contribution in [3.63, 3.8) is 0 Å². The second-order valence-electron chi connectivity index (χ2n) is 3.62. The van der Waals surface area contributed by atoms with Crippen LogP contribution in [0, 0.1) is 15.9 Å². The predicted octanol–water partition coefficient (Wildman–Crippen LogP) is 2.88. The van der Waals surface area contributed by atoms with Gasteiger partial charge >= 0.3 is 5.69 Å². The lowest BCUT2D eigenvalue weighted by atomic mass is 10.2. The van der Waals surface area contributed by atoms with Crippen LogP contribution in [0.4, 0.5) is 21.5 Å². The molecule has 19 heavy (non-hydrogen) atoms. The summed E-state index contributed by atoms with van der Waals surface area (Å²) in [6.45, 7) is 0. The van der Waals surface area contributed by atoms with Crippen molar-refractivity contribution >= 4 is 17.1 Å². The SMILES string of the molecule is COc1ccc(Nc2ccncc2[N+](=O)[O-])c(F)c1. The maximum absolute atomic E-state index is 13.7. The molecule has 1 N–H and O–H groups in total. The third-order valence-corrected chi connectivity index (χ3v) is 2.44. The van der Waals surface area contributed by atoms with Crippen LogP contribution in [0.2, 0.25) is 0 Å². The number of ether oxygens (including phenoxy) is 1. The van der Waals surface area contributed by atoms with Crippen molar-refractivity contribution in [2.45, 2.75) is 0 Å². The van der Waals surface area contributed by atoms with E-state index in [-0.39, 0.29) is 17.1 Å². The highest BCUT2D eigenvalue weighted by Gasteiger charge is 2.14. The monoisotopic (exact) mass is 263 g/mol. The molecule has 0 unspecified atom stereocenters. The van der Waals surface area contributed by atoms with Crippen LogP contribution in [0.1, 0.15) is 0 Å². The summed E-state index contributed by atoms with van der Waals surface area (Å²) in [5, 5.41) is 13.5. The van der Waals surface area contributed by atoms with Crippen molar-refractivity contribution in [1.82, 2.24) is 4.98 Å². The molecule has 98 valence electrons. The Bertz CT molecular complexity index is 619. The lowest BCUT2D eigenvalue weighted by molar-refractivity contribution is -0.384. The summed E-state index contributed by atoms with van der Waals surface area (Å²) in [7, 11) is 1.43. The fourth-order valence-corrected chi connectivity index (χ4v) is 1.51. The van der Waals surface area contributed by atoms with Crippen LogP contribution in [-0.4, -0.2) is 17.0 Å². The molecule has 0 aliphatic heterocycles. The molecule has 0 saturated heterocycles. The molecule has 0 aliphatic rings. The van der Waals surface area contributed by atoms with E-state index >= 15 is 0 Å². The zero-order chi connectivity index (χ0) is 13.8. The third kappa shape index (κ3) is 2.76. The van der Waals surface area contributed by atoms with Gasteiger partial charge in [-0.15, -0.1) is 0 Å². The number of halogens is 1. The van der Waals surface area contributed by atoms with Crippen LogP contribution in [0.25, 0.3) is 0 Å². The molecular formula is C12H10FN3O3. The molecule has 6 nitrogen and oxygen atoms in total. The molecular weight excluding hydrogens is 253 g/mol. The fourth-order valence-electron chi connectivity index (χ4n) is 1.51. The number of nitrogens with one attached hydrogen (secondary N) is 1. The van der Waals surface area contributed by atoms with E-state index in [0.717, 1.165) is 6.20 Å². The van der Waals surface area contributed by atoms with Gasteiger partial charge in [0.05, 0.1) is 17.7 Å². The number of pyridine rings is 1. The molecule has 0 aliphatic carbocycles. The standard InChI is InChI=1S/C12H10FN3O3/c1-19-8-2-3-10(9(13)6-8)15-11-4-5-14-7-12(11)16(17)18/h2-7H,1H3,(H,14,15). The van der Waals surface area contributed by atoms with Crippen LogP contribution < -0.4 is 10.1 Å². The normalized spacial score (nSPS) is 10.0. The van der Waals surface area contributed by atoms with Crippen molar-refractivity contribution in [1.29, 1.82) is 0 Å². The molecule has 1 aromatic heterocycles. The maximum atomic E-state index is 13.7. The van der Waals surface area contributed by atoms with Crippen LogP contribution in [0.15, 0.2) is 36.7 Å². The summed E-state index contributed by atoms with van der Waals surface area (Å²) < 4.78 is 18.6. The fraction of sp³-hybridized carbons (Fsp3) is 0.0833. The topological polar surface area (TPSA) is 77.3 Å². The second kappa shape index (κ2) is 5.30. The van der Waals surface area contributed by atoms with Crippen LogP contribution in [0.3, 0.4) is 0 Å². The van der Waals surface area contributed by atoms with Gasteiger partial charge in [-0.1, -0.05) is 0 Å². The number of aromatic nitrogens is 1. The Kier molecular flexibility index (Phi) is 3.56. The number of hydrogen-bond donors (Lipinski definition) is 1. The van der Waals surface area contributed by atoms with Gasteiger partial charge < -0.3 is 10.1 Å². The largest absolute Gasteiger partial charge is 0.497 e. The van der Waals surface area contributed by atoms with Crippen LogP contribution >= 0.6 is 0 Å². The molecule has 1 heterocycles. The molecule has 0 saturated carbocycles. The van der Waals surface area contributed by atoms with E-state index in [2.05, 4.69) is 10.3 Å². The van der Waals surface area contributed by atoms with Gasteiger partial charge in [0.15, 0.2) is 0 Å². The molecule has 0 atom stereocenters. The lowest BCUT2D eigenvalue weighted by Gasteiger charge is -2.08. The first-order valence-electron chi connectivity index (χ1n) is 5.31. The minimum absolute atomic E-state index is 0.120. The minimum atomic E-state index is -0.587. The molecule has 0 radical (unpaired) electrons. The van der Waals surface area contributed by atoms with Crippen LogP contribution in [-0.2, 0) is 0 Å². The molecule has 0 amide bonds. The van der Waals surface area contributed by atoms with E-state index in [9.17, 15) is 14.5 Å². The second-order valence-corrected chi connectivity index (χ2v) is 3.62. The summed E-state index contributed by atoms with van der Waals surface area (Å²) in [5.41, 5.74) is 0.0666. The molecule has 0 fully saturated rings. The van der Waals surface area contributed by atoms with Gasteiger partial charge in [0.2, 0.25) is 0 Å². The maximum Gasteiger partial charge on any atom is 0.310 e. The highest BCUT2D eigenvalue weighted by molar-refractivity contribution is 5.69.